The zero-order valence-corrected chi connectivity index (χ0v) is 12.0. The first-order valence-corrected chi connectivity index (χ1v) is 6.67. The van der Waals surface area contributed by atoms with Crippen LogP contribution in [0.5, 0.6) is 0 Å². The number of nitriles is 1. The van der Waals surface area contributed by atoms with E-state index in [1.54, 1.807) is 6.07 Å². The number of hydrogen-bond acceptors (Lipinski definition) is 3. The maximum Gasteiger partial charge on any atom is 0.103 e. The van der Waals surface area contributed by atoms with Crippen molar-refractivity contribution in [1.82, 2.24) is 4.90 Å². The number of halogens is 1. The van der Waals surface area contributed by atoms with E-state index >= 15 is 0 Å². The highest BCUT2D eigenvalue weighted by Gasteiger charge is 2.11. The summed E-state index contributed by atoms with van der Waals surface area (Å²) in [7, 11) is 0. The minimum atomic E-state index is 0.274. The van der Waals surface area contributed by atoms with Crippen molar-refractivity contribution < 1.29 is 0 Å². The van der Waals surface area contributed by atoms with Gasteiger partial charge in [-0.2, -0.15) is 5.26 Å². The third-order valence-corrected chi connectivity index (χ3v) is 3.27. The summed E-state index contributed by atoms with van der Waals surface area (Å²) in [6, 6.07) is 7.90. The van der Waals surface area contributed by atoms with Gasteiger partial charge in [-0.15, -0.1) is 0 Å². The highest BCUT2D eigenvalue weighted by atomic mass is 35.5. The quantitative estimate of drug-likeness (QED) is 0.857. The van der Waals surface area contributed by atoms with Gasteiger partial charge in [0.2, 0.25) is 0 Å². The minimum absolute atomic E-state index is 0.274. The Labute approximate surface area is 114 Å². The van der Waals surface area contributed by atoms with Gasteiger partial charge in [0.05, 0.1) is 16.3 Å². The van der Waals surface area contributed by atoms with E-state index in [-0.39, 0.29) is 6.04 Å². The molecule has 0 saturated carbocycles. The second-order valence-corrected chi connectivity index (χ2v) is 4.71. The van der Waals surface area contributed by atoms with Gasteiger partial charge in [-0.25, -0.2) is 0 Å². The van der Waals surface area contributed by atoms with Gasteiger partial charge in [0.15, 0.2) is 0 Å². The van der Waals surface area contributed by atoms with E-state index < -0.39 is 0 Å². The molecule has 0 saturated heterocycles. The van der Waals surface area contributed by atoms with Gasteiger partial charge >= 0.3 is 0 Å². The van der Waals surface area contributed by atoms with E-state index in [0.29, 0.717) is 10.6 Å². The average Bonchev–Trinajstić information content (AvgIpc) is 2.36. The number of anilines is 1. The predicted octanol–water partition coefficient (Wildman–Crippen LogP) is 3.35. The molecule has 0 spiro atoms. The summed E-state index contributed by atoms with van der Waals surface area (Å²) in [4.78, 5) is 2.34. The zero-order valence-electron chi connectivity index (χ0n) is 11.2. The molecule has 0 aliphatic carbocycles. The summed E-state index contributed by atoms with van der Waals surface area (Å²) in [6.07, 6.45) is 0. The van der Waals surface area contributed by atoms with Crippen molar-refractivity contribution in [1.29, 1.82) is 5.26 Å². The lowest BCUT2D eigenvalue weighted by atomic mass is 10.1. The molecule has 0 aromatic heterocycles. The monoisotopic (exact) mass is 265 g/mol. The molecule has 0 aliphatic heterocycles. The Balaban J connectivity index is 2.73. The molecule has 0 heterocycles. The zero-order chi connectivity index (χ0) is 13.5. The molecule has 4 heteroatoms. The molecule has 0 fully saturated rings. The fourth-order valence-corrected chi connectivity index (χ4v) is 2.16. The van der Waals surface area contributed by atoms with Crippen LogP contribution in [0.2, 0.25) is 5.02 Å². The third-order valence-electron chi connectivity index (χ3n) is 2.95. The van der Waals surface area contributed by atoms with Gasteiger partial charge in [-0.1, -0.05) is 31.5 Å². The molecular weight excluding hydrogens is 246 g/mol. The van der Waals surface area contributed by atoms with Crippen LogP contribution in [0.15, 0.2) is 18.2 Å². The fourth-order valence-electron chi connectivity index (χ4n) is 1.94. The van der Waals surface area contributed by atoms with Crippen LogP contribution in [0.3, 0.4) is 0 Å². The predicted molar refractivity (Wildman–Crippen MR) is 77.0 cm³/mol. The first kappa shape index (κ1) is 14.8. The van der Waals surface area contributed by atoms with E-state index in [2.05, 4.69) is 37.1 Å². The molecule has 1 rings (SSSR count). The van der Waals surface area contributed by atoms with Crippen LogP contribution < -0.4 is 5.32 Å². The summed E-state index contributed by atoms with van der Waals surface area (Å²) < 4.78 is 0. The first-order valence-electron chi connectivity index (χ1n) is 6.29. The molecule has 18 heavy (non-hydrogen) atoms. The SMILES string of the molecule is CCN(CC)CC(C)Nc1cccc(Cl)c1C#N. The molecule has 1 aromatic carbocycles. The van der Waals surface area contributed by atoms with Gasteiger partial charge in [0.25, 0.3) is 0 Å². The average molecular weight is 266 g/mol. The molecule has 0 bridgehead atoms. The van der Waals surface area contributed by atoms with Crippen LogP contribution in [0.1, 0.15) is 26.3 Å². The van der Waals surface area contributed by atoms with Gasteiger partial charge in [0.1, 0.15) is 6.07 Å². The van der Waals surface area contributed by atoms with Gasteiger partial charge in [-0.05, 0) is 32.1 Å². The largest absolute Gasteiger partial charge is 0.380 e. The third kappa shape index (κ3) is 3.90. The number of hydrogen-bond donors (Lipinski definition) is 1. The lowest BCUT2D eigenvalue weighted by Crippen LogP contribution is -2.34. The number of benzene rings is 1. The number of nitrogens with zero attached hydrogens (tertiary/aromatic N) is 2. The Kier molecular flexibility index (Phi) is 5.97. The highest BCUT2D eigenvalue weighted by Crippen LogP contribution is 2.23. The van der Waals surface area contributed by atoms with Crippen molar-refractivity contribution in [2.75, 3.05) is 25.0 Å². The second kappa shape index (κ2) is 7.25. The van der Waals surface area contributed by atoms with E-state index in [4.69, 9.17) is 16.9 Å². The number of rotatable bonds is 6. The number of likely N-dealkylation sites (N-methyl/N-ethyl adjacent to an activating group) is 1. The summed E-state index contributed by atoms with van der Waals surface area (Å²) in [5.41, 5.74) is 1.33. The molecular formula is C14H20ClN3. The van der Waals surface area contributed by atoms with E-state index in [9.17, 15) is 0 Å². The van der Waals surface area contributed by atoms with Crippen LogP contribution >= 0.6 is 11.6 Å². The van der Waals surface area contributed by atoms with Crippen molar-refractivity contribution in [2.45, 2.75) is 26.8 Å². The Morgan fingerprint density at radius 2 is 2.06 bits per heavy atom. The maximum atomic E-state index is 9.10. The van der Waals surface area contributed by atoms with E-state index in [1.807, 2.05) is 12.1 Å². The summed E-state index contributed by atoms with van der Waals surface area (Å²) in [5, 5.41) is 13.0. The summed E-state index contributed by atoms with van der Waals surface area (Å²) in [5.74, 6) is 0. The molecule has 1 N–H and O–H groups in total. The van der Waals surface area contributed by atoms with Gasteiger partial charge in [0, 0.05) is 12.6 Å². The van der Waals surface area contributed by atoms with Crippen LogP contribution in [-0.2, 0) is 0 Å². The molecule has 0 amide bonds. The minimum Gasteiger partial charge on any atom is -0.380 e. The van der Waals surface area contributed by atoms with E-state index in [1.165, 1.54) is 0 Å². The van der Waals surface area contributed by atoms with Gasteiger partial charge < -0.3 is 10.2 Å². The summed E-state index contributed by atoms with van der Waals surface area (Å²) >= 11 is 6.00. The molecule has 1 unspecified atom stereocenters. The lowest BCUT2D eigenvalue weighted by molar-refractivity contribution is 0.295. The maximum absolute atomic E-state index is 9.10. The molecule has 1 aromatic rings. The van der Waals surface area contributed by atoms with Crippen molar-refractivity contribution in [3.63, 3.8) is 0 Å². The fraction of sp³-hybridized carbons (Fsp3) is 0.500. The first-order chi connectivity index (χ1) is 8.62. The van der Waals surface area contributed by atoms with Gasteiger partial charge in [-0.3, -0.25) is 0 Å². The van der Waals surface area contributed by atoms with Crippen LogP contribution in [0, 0.1) is 11.3 Å². The van der Waals surface area contributed by atoms with E-state index in [0.717, 1.165) is 25.3 Å². The van der Waals surface area contributed by atoms with Crippen molar-refractivity contribution in [3.05, 3.63) is 28.8 Å². The smallest absolute Gasteiger partial charge is 0.103 e. The lowest BCUT2D eigenvalue weighted by Gasteiger charge is -2.24. The molecule has 98 valence electrons. The molecule has 0 radical (unpaired) electrons. The van der Waals surface area contributed by atoms with Crippen molar-refractivity contribution in [2.24, 2.45) is 0 Å². The summed E-state index contributed by atoms with van der Waals surface area (Å²) in [6.45, 7) is 9.42. The topological polar surface area (TPSA) is 39.1 Å². The Morgan fingerprint density at radius 3 is 2.61 bits per heavy atom. The Hall–Kier alpha value is -1.24. The second-order valence-electron chi connectivity index (χ2n) is 4.31. The standard InChI is InChI=1S/C14H20ClN3/c1-4-18(5-2)10-11(3)17-14-8-6-7-13(15)12(14)9-16/h6-8,11,17H,4-5,10H2,1-3H3. The van der Waals surface area contributed by atoms with Crippen LogP contribution in [0.25, 0.3) is 0 Å². The Morgan fingerprint density at radius 1 is 1.39 bits per heavy atom. The normalized spacial score (nSPS) is 12.2. The van der Waals surface area contributed by atoms with Crippen LogP contribution in [-0.4, -0.2) is 30.6 Å². The molecule has 3 nitrogen and oxygen atoms in total. The highest BCUT2D eigenvalue weighted by molar-refractivity contribution is 6.32. The Bertz CT molecular complexity index is 422. The van der Waals surface area contributed by atoms with Crippen LogP contribution in [0.4, 0.5) is 5.69 Å². The van der Waals surface area contributed by atoms with Crippen molar-refractivity contribution in [3.8, 4) is 6.07 Å². The number of nitrogens with one attached hydrogen (secondary N) is 1. The molecule has 0 aliphatic rings. The van der Waals surface area contributed by atoms with Crippen molar-refractivity contribution >= 4 is 17.3 Å². The molecule has 1 atom stereocenters.